The molecule has 0 bridgehead atoms. The summed E-state index contributed by atoms with van der Waals surface area (Å²) in [7, 11) is 0. The van der Waals surface area contributed by atoms with Gasteiger partial charge in [-0.15, -0.1) is 0 Å². The lowest BCUT2D eigenvalue weighted by atomic mass is 10.1. The molecule has 5 heteroatoms. The summed E-state index contributed by atoms with van der Waals surface area (Å²) in [6.07, 6.45) is 3.23. The largest absolute Gasteiger partial charge is 0.361 e. The number of hydrogen-bond acceptors (Lipinski definition) is 2. The van der Waals surface area contributed by atoms with Gasteiger partial charge < -0.3 is 10.3 Å². The van der Waals surface area contributed by atoms with Crippen LogP contribution in [0.4, 0.5) is 20.3 Å². The summed E-state index contributed by atoms with van der Waals surface area (Å²) >= 11 is 0. The van der Waals surface area contributed by atoms with Gasteiger partial charge in [0.2, 0.25) is 0 Å². The molecule has 0 radical (unpaired) electrons. The number of alkyl halides is 2. The summed E-state index contributed by atoms with van der Waals surface area (Å²) in [4.78, 5) is 7.16. The Balaban J connectivity index is 1.90. The fraction of sp³-hybridized carbons (Fsp3) is 0.133. The molecule has 0 fully saturated rings. The van der Waals surface area contributed by atoms with E-state index in [1.54, 1.807) is 0 Å². The second kappa shape index (κ2) is 4.59. The Morgan fingerprint density at radius 2 is 2.00 bits per heavy atom. The first-order chi connectivity index (χ1) is 9.52. The van der Waals surface area contributed by atoms with E-state index in [-0.39, 0.29) is 5.56 Å². The van der Waals surface area contributed by atoms with Crippen molar-refractivity contribution in [2.24, 2.45) is 0 Å². The standard InChI is InChI=1S/C15H13F2N3/c1-15(16,17)11-5-7-19-14(8-11)20-12-3-2-10-4-6-18-13(10)9-12/h2-9,18H,1H3,(H,19,20). The van der Waals surface area contributed by atoms with Crippen LogP contribution >= 0.6 is 0 Å². The number of nitrogens with zero attached hydrogens (tertiary/aromatic N) is 1. The molecule has 0 aliphatic carbocycles. The number of aromatic nitrogens is 2. The van der Waals surface area contributed by atoms with Crippen molar-refractivity contribution in [2.75, 3.05) is 5.32 Å². The van der Waals surface area contributed by atoms with Gasteiger partial charge in [-0.1, -0.05) is 6.07 Å². The molecule has 0 atom stereocenters. The van der Waals surface area contributed by atoms with E-state index < -0.39 is 5.92 Å². The molecule has 0 aliphatic rings. The van der Waals surface area contributed by atoms with Gasteiger partial charge in [0, 0.05) is 36.1 Å². The molecule has 20 heavy (non-hydrogen) atoms. The van der Waals surface area contributed by atoms with Crippen LogP contribution in [0, 0.1) is 0 Å². The zero-order chi connectivity index (χ0) is 14.2. The van der Waals surface area contributed by atoms with Gasteiger partial charge in [0.05, 0.1) is 0 Å². The monoisotopic (exact) mass is 273 g/mol. The van der Waals surface area contributed by atoms with Crippen LogP contribution in [0.3, 0.4) is 0 Å². The smallest absolute Gasteiger partial charge is 0.270 e. The molecule has 0 aliphatic heterocycles. The molecule has 2 aromatic heterocycles. The lowest BCUT2D eigenvalue weighted by Gasteiger charge is -2.12. The Bertz CT molecular complexity index is 744. The maximum atomic E-state index is 13.3. The third-order valence-corrected chi connectivity index (χ3v) is 3.09. The van der Waals surface area contributed by atoms with Crippen LogP contribution in [0.2, 0.25) is 0 Å². The van der Waals surface area contributed by atoms with Gasteiger partial charge in [0.1, 0.15) is 5.82 Å². The number of pyridine rings is 1. The zero-order valence-electron chi connectivity index (χ0n) is 10.8. The molecule has 0 saturated carbocycles. The predicted molar refractivity (Wildman–Crippen MR) is 75.4 cm³/mol. The average molecular weight is 273 g/mol. The minimum atomic E-state index is -2.87. The summed E-state index contributed by atoms with van der Waals surface area (Å²) in [5, 5.41) is 4.13. The molecule has 2 N–H and O–H groups in total. The van der Waals surface area contributed by atoms with Gasteiger partial charge in [-0.25, -0.2) is 13.8 Å². The van der Waals surface area contributed by atoms with E-state index in [2.05, 4.69) is 15.3 Å². The third-order valence-electron chi connectivity index (χ3n) is 3.09. The molecule has 0 amide bonds. The van der Waals surface area contributed by atoms with Crippen molar-refractivity contribution < 1.29 is 8.78 Å². The second-order valence-electron chi connectivity index (χ2n) is 4.72. The fourth-order valence-corrected chi connectivity index (χ4v) is 2.05. The van der Waals surface area contributed by atoms with Crippen LogP contribution in [0.15, 0.2) is 48.8 Å². The number of benzene rings is 1. The minimum Gasteiger partial charge on any atom is -0.361 e. The Hall–Kier alpha value is -2.43. The number of hydrogen-bond donors (Lipinski definition) is 2. The van der Waals surface area contributed by atoms with E-state index in [0.29, 0.717) is 5.82 Å². The Morgan fingerprint density at radius 3 is 2.80 bits per heavy atom. The van der Waals surface area contributed by atoms with Crippen LogP contribution < -0.4 is 5.32 Å². The molecular weight excluding hydrogens is 260 g/mol. The number of anilines is 2. The summed E-state index contributed by atoms with van der Waals surface area (Å²) < 4.78 is 26.6. The van der Waals surface area contributed by atoms with Crippen LogP contribution in [0.1, 0.15) is 12.5 Å². The van der Waals surface area contributed by atoms with E-state index in [1.165, 1.54) is 18.3 Å². The average Bonchev–Trinajstić information content (AvgIpc) is 2.85. The minimum absolute atomic E-state index is 0.0593. The van der Waals surface area contributed by atoms with E-state index in [0.717, 1.165) is 23.5 Å². The maximum absolute atomic E-state index is 13.3. The van der Waals surface area contributed by atoms with E-state index in [9.17, 15) is 8.78 Å². The predicted octanol–water partition coefficient (Wildman–Crippen LogP) is 4.42. The molecule has 0 unspecified atom stereocenters. The highest BCUT2D eigenvalue weighted by molar-refractivity contribution is 5.83. The maximum Gasteiger partial charge on any atom is 0.270 e. The van der Waals surface area contributed by atoms with E-state index >= 15 is 0 Å². The van der Waals surface area contributed by atoms with Crippen molar-refractivity contribution in [3.8, 4) is 0 Å². The van der Waals surface area contributed by atoms with Crippen LogP contribution in [0.25, 0.3) is 10.9 Å². The molecule has 1 aromatic carbocycles. The SMILES string of the molecule is CC(F)(F)c1ccnc(Nc2ccc3cc[nH]c3c2)c1. The highest BCUT2D eigenvalue weighted by atomic mass is 19.3. The van der Waals surface area contributed by atoms with E-state index in [1.807, 2.05) is 30.5 Å². The number of fused-ring (bicyclic) bond motifs is 1. The fourth-order valence-electron chi connectivity index (χ4n) is 2.05. The quantitative estimate of drug-likeness (QED) is 0.741. The Morgan fingerprint density at radius 1 is 1.15 bits per heavy atom. The van der Waals surface area contributed by atoms with Crippen molar-refractivity contribution in [3.63, 3.8) is 0 Å². The zero-order valence-corrected chi connectivity index (χ0v) is 10.8. The van der Waals surface area contributed by atoms with Gasteiger partial charge in [0.25, 0.3) is 5.92 Å². The Kier molecular flexibility index (Phi) is 2.89. The lowest BCUT2D eigenvalue weighted by molar-refractivity contribution is 0.0174. The number of H-pyrrole nitrogens is 1. The van der Waals surface area contributed by atoms with Gasteiger partial charge in [-0.3, -0.25) is 0 Å². The lowest BCUT2D eigenvalue weighted by Crippen LogP contribution is -2.07. The molecule has 3 aromatic rings. The molecule has 0 spiro atoms. The molecule has 3 nitrogen and oxygen atoms in total. The highest BCUT2D eigenvalue weighted by Crippen LogP contribution is 2.28. The van der Waals surface area contributed by atoms with Crippen molar-refractivity contribution in [3.05, 3.63) is 54.4 Å². The third kappa shape index (κ3) is 2.47. The molecule has 2 heterocycles. The molecule has 102 valence electrons. The normalized spacial score (nSPS) is 11.8. The summed E-state index contributed by atoms with van der Waals surface area (Å²) in [5.41, 5.74) is 1.71. The Labute approximate surface area is 114 Å². The summed E-state index contributed by atoms with van der Waals surface area (Å²) in [6, 6.07) is 10.4. The summed E-state index contributed by atoms with van der Waals surface area (Å²) in [6.45, 7) is 0.872. The summed E-state index contributed by atoms with van der Waals surface area (Å²) in [5.74, 6) is -2.47. The second-order valence-corrected chi connectivity index (χ2v) is 4.72. The van der Waals surface area contributed by atoms with Crippen molar-refractivity contribution in [1.29, 1.82) is 0 Å². The number of rotatable bonds is 3. The van der Waals surface area contributed by atoms with Crippen molar-refractivity contribution >= 4 is 22.4 Å². The number of halogens is 2. The molecular formula is C15H13F2N3. The first-order valence-electron chi connectivity index (χ1n) is 6.21. The van der Waals surface area contributed by atoms with E-state index in [4.69, 9.17) is 0 Å². The van der Waals surface area contributed by atoms with Gasteiger partial charge >= 0.3 is 0 Å². The van der Waals surface area contributed by atoms with Crippen LogP contribution in [0.5, 0.6) is 0 Å². The van der Waals surface area contributed by atoms with Gasteiger partial charge in [-0.05, 0) is 35.7 Å². The topological polar surface area (TPSA) is 40.7 Å². The first-order valence-corrected chi connectivity index (χ1v) is 6.21. The first kappa shape index (κ1) is 12.6. The number of nitrogens with one attached hydrogen (secondary N) is 2. The van der Waals surface area contributed by atoms with Gasteiger partial charge in [0.15, 0.2) is 0 Å². The van der Waals surface area contributed by atoms with Crippen molar-refractivity contribution in [2.45, 2.75) is 12.8 Å². The van der Waals surface area contributed by atoms with Gasteiger partial charge in [-0.2, -0.15) is 0 Å². The highest BCUT2D eigenvalue weighted by Gasteiger charge is 2.24. The van der Waals surface area contributed by atoms with Crippen molar-refractivity contribution in [1.82, 2.24) is 9.97 Å². The van der Waals surface area contributed by atoms with Crippen LogP contribution in [-0.4, -0.2) is 9.97 Å². The molecule has 0 saturated heterocycles. The van der Waals surface area contributed by atoms with Crippen LogP contribution in [-0.2, 0) is 5.92 Å². The number of aromatic amines is 1. The molecule has 3 rings (SSSR count).